The summed E-state index contributed by atoms with van der Waals surface area (Å²) in [5, 5.41) is 14.1. The monoisotopic (exact) mass is 1250 g/mol. The number of hydrogen-bond acceptors (Lipinski definition) is 6. The molecule has 9 heteroatoms. The van der Waals surface area contributed by atoms with E-state index in [4.69, 9.17) is 9.05 Å². The minimum absolute atomic E-state index is 0.00516. The maximum atomic E-state index is 13.1. The highest BCUT2D eigenvalue weighted by molar-refractivity contribution is 7.45. The van der Waals surface area contributed by atoms with Crippen molar-refractivity contribution in [3.63, 3.8) is 0 Å². The van der Waals surface area contributed by atoms with Crippen LogP contribution in [0.5, 0.6) is 0 Å². The van der Waals surface area contributed by atoms with Gasteiger partial charge in [-0.2, -0.15) is 0 Å². The second kappa shape index (κ2) is 68.5. The van der Waals surface area contributed by atoms with Crippen LogP contribution < -0.4 is 10.2 Å². The highest BCUT2D eigenvalue weighted by Crippen LogP contribution is 2.38. The highest BCUT2D eigenvalue weighted by Gasteiger charge is 2.24. The van der Waals surface area contributed by atoms with Crippen molar-refractivity contribution in [2.45, 2.75) is 347 Å². The number of carbonyl (C=O) groups excluding carboxylic acids is 1. The van der Waals surface area contributed by atoms with Crippen LogP contribution in [0.3, 0.4) is 0 Å². The van der Waals surface area contributed by atoms with Gasteiger partial charge in [0.15, 0.2) is 0 Å². The maximum Gasteiger partial charge on any atom is 0.268 e. The molecule has 0 aliphatic rings. The number of nitrogens with zero attached hydrogens (tertiary/aromatic N) is 1. The topological polar surface area (TPSA) is 108 Å². The zero-order chi connectivity index (χ0) is 64.1. The van der Waals surface area contributed by atoms with Crippen LogP contribution in [0.25, 0.3) is 0 Å². The van der Waals surface area contributed by atoms with Gasteiger partial charge >= 0.3 is 0 Å². The van der Waals surface area contributed by atoms with Gasteiger partial charge in [-0.3, -0.25) is 9.36 Å². The van der Waals surface area contributed by atoms with Crippen molar-refractivity contribution < 1.29 is 32.9 Å². The van der Waals surface area contributed by atoms with Crippen molar-refractivity contribution >= 4 is 13.7 Å². The quantitative estimate of drug-likeness (QED) is 0.0272. The molecule has 1 amide bonds. The molecule has 0 saturated carbocycles. The molecule has 0 aliphatic carbocycles. The van der Waals surface area contributed by atoms with Crippen molar-refractivity contribution in [1.29, 1.82) is 0 Å². The van der Waals surface area contributed by atoms with Gasteiger partial charge in [-0.25, -0.2) is 0 Å². The third-order valence-electron chi connectivity index (χ3n) is 16.5. The predicted molar refractivity (Wildman–Crippen MR) is 385 cm³/mol. The van der Waals surface area contributed by atoms with Gasteiger partial charge in [-0.15, -0.1) is 0 Å². The molecule has 0 heterocycles. The molecule has 0 bridgehead atoms. The van der Waals surface area contributed by atoms with E-state index < -0.39 is 20.0 Å². The number of amides is 1. The largest absolute Gasteiger partial charge is 0.756 e. The minimum Gasteiger partial charge on any atom is -0.756 e. The van der Waals surface area contributed by atoms with Gasteiger partial charge in [-0.1, -0.05) is 354 Å². The molecular formula is C79H143N2O6P. The summed E-state index contributed by atoms with van der Waals surface area (Å²) in [4.78, 5) is 25.7. The lowest BCUT2D eigenvalue weighted by molar-refractivity contribution is -0.870. The predicted octanol–water partition coefficient (Wildman–Crippen LogP) is 23.6. The summed E-state index contributed by atoms with van der Waals surface area (Å²) < 4.78 is 23.6. The first-order chi connectivity index (χ1) is 43.0. The molecule has 510 valence electrons. The number of allylic oxidation sites excluding steroid dienone is 18. The second-order valence-electron chi connectivity index (χ2n) is 26.3. The standard InChI is InChI=1S/C79H143N2O6P/c1-6-8-10-12-14-16-18-20-22-24-26-28-30-32-34-36-38-39-40-41-43-45-47-49-51-53-55-57-59-61-63-65-67-69-71-73-79(83)80-77(76-87-88(84,85)86-75-74-81(3,4)5)78(82)72-70-68-66-64-62-60-58-56-54-52-50-48-46-44-42-37-35-33-31-29-27-25-23-21-19-17-15-13-11-9-7-2/h8,10,14,16,20,22,26,28,32,34,38-39,41,43,47,49,53,55,77-78,82H,6-7,9,11-13,15,17-19,21,23-25,27,29-31,33,35-37,40,42,44-46,48,50-52,54,56-76H2,1-5H3,(H-,80,83,84,85)/b10-8-,16-14-,22-20-,28-26-,34-32-,39-38-,43-41-,49-47-,55-53-. The number of phosphoric acid groups is 1. The van der Waals surface area contributed by atoms with E-state index in [1.54, 1.807) is 0 Å². The molecule has 0 rings (SSSR count). The van der Waals surface area contributed by atoms with Crippen molar-refractivity contribution in [3.8, 4) is 0 Å². The Balaban J connectivity index is 4.08. The summed E-state index contributed by atoms with van der Waals surface area (Å²) in [5.74, 6) is -0.176. The van der Waals surface area contributed by atoms with E-state index in [9.17, 15) is 19.4 Å². The highest BCUT2D eigenvalue weighted by atomic mass is 31.2. The van der Waals surface area contributed by atoms with Gasteiger partial charge in [-0.05, 0) is 83.5 Å². The van der Waals surface area contributed by atoms with Crippen LogP contribution in [0, 0.1) is 0 Å². The summed E-state index contributed by atoms with van der Waals surface area (Å²) in [6, 6.07) is -0.817. The number of unbranched alkanes of at least 4 members (excludes halogenated alkanes) is 37. The minimum atomic E-state index is -4.59. The Labute approximate surface area is 546 Å². The fraction of sp³-hybridized carbons (Fsp3) is 0.759. The van der Waals surface area contributed by atoms with Crippen LogP contribution in [0.2, 0.25) is 0 Å². The van der Waals surface area contributed by atoms with E-state index in [-0.39, 0.29) is 19.1 Å². The zero-order valence-corrected chi connectivity index (χ0v) is 59.3. The summed E-state index contributed by atoms with van der Waals surface area (Å²) >= 11 is 0. The first-order valence-corrected chi connectivity index (χ1v) is 38.7. The van der Waals surface area contributed by atoms with Crippen LogP contribution in [0.15, 0.2) is 109 Å². The number of likely N-dealkylation sites (N-methyl/N-ethyl adjacent to an activating group) is 1. The van der Waals surface area contributed by atoms with Gasteiger partial charge in [0.25, 0.3) is 7.82 Å². The Bertz CT molecular complexity index is 1810. The van der Waals surface area contributed by atoms with Crippen LogP contribution in [0.4, 0.5) is 0 Å². The molecule has 3 unspecified atom stereocenters. The Morgan fingerprint density at radius 1 is 0.409 bits per heavy atom. The Kier molecular flexibility index (Phi) is 66.3. The maximum absolute atomic E-state index is 13.1. The summed E-state index contributed by atoms with van der Waals surface area (Å²) in [5.41, 5.74) is 0. The normalized spacial score (nSPS) is 14.2. The molecule has 88 heavy (non-hydrogen) atoms. The number of aliphatic hydroxyl groups excluding tert-OH is 1. The molecule has 0 aromatic rings. The second-order valence-corrected chi connectivity index (χ2v) is 27.7. The van der Waals surface area contributed by atoms with E-state index >= 15 is 0 Å². The lowest BCUT2D eigenvalue weighted by atomic mass is 10.0. The smallest absolute Gasteiger partial charge is 0.268 e. The fourth-order valence-electron chi connectivity index (χ4n) is 10.8. The molecule has 0 radical (unpaired) electrons. The molecule has 0 fully saturated rings. The average molecular weight is 1250 g/mol. The van der Waals surface area contributed by atoms with Crippen molar-refractivity contribution in [1.82, 2.24) is 5.32 Å². The first-order valence-electron chi connectivity index (χ1n) is 37.2. The van der Waals surface area contributed by atoms with Crippen LogP contribution in [-0.4, -0.2) is 68.5 Å². The van der Waals surface area contributed by atoms with E-state index in [1.807, 2.05) is 21.1 Å². The number of aliphatic hydroxyl groups is 1. The van der Waals surface area contributed by atoms with Gasteiger partial charge in [0.05, 0.1) is 39.9 Å². The Morgan fingerprint density at radius 3 is 1.01 bits per heavy atom. The number of hydrogen-bond donors (Lipinski definition) is 2. The van der Waals surface area contributed by atoms with E-state index in [1.165, 1.54) is 199 Å². The SMILES string of the molecule is CC/C=C\C/C=C\C/C=C\C/C=C\C/C=C\C/C=C\C/C=C\C/C=C\C/C=C\CCCCCCCCCC(=O)NC(COP(=O)([O-])OCC[N+](C)(C)C)C(O)CCCCCCCCCCCCCCCCCCCCCCCCCCCCCCCCC. The molecule has 0 aromatic heterocycles. The number of quaternary nitrogens is 1. The summed E-state index contributed by atoms with van der Waals surface area (Å²) in [6.45, 7) is 4.63. The lowest BCUT2D eigenvalue weighted by Gasteiger charge is -2.30. The molecule has 0 aromatic carbocycles. The van der Waals surface area contributed by atoms with Crippen molar-refractivity contribution in [2.75, 3.05) is 40.9 Å². The molecular weight excluding hydrogens is 1100 g/mol. The number of nitrogens with one attached hydrogen (secondary N) is 1. The lowest BCUT2D eigenvalue weighted by Crippen LogP contribution is -2.46. The molecule has 2 N–H and O–H groups in total. The number of rotatable bonds is 68. The molecule has 8 nitrogen and oxygen atoms in total. The Hall–Kier alpha value is -2.84. The van der Waals surface area contributed by atoms with Crippen LogP contribution in [-0.2, 0) is 18.4 Å². The van der Waals surface area contributed by atoms with Gasteiger partial charge in [0, 0.05) is 6.42 Å². The summed E-state index contributed by atoms with van der Waals surface area (Å²) in [7, 11) is 1.29. The molecule has 0 saturated heterocycles. The van der Waals surface area contributed by atoms with Gasteiger partial charge in [0.2, 0.25) is 5.91 Å². The molecule has 0 aliphatic heterocycles. The van der Waals surface area contributed by atoms with Crippen LogP contribution >= 0.6 is 7.82 Å². The molecule has 3 atom stereocenters. The summed E-state index contributed by atoms with van der Waals surface area (Å²) in [6.07, 6.45) is 100. The van der Waals surface area contributed by atoms with E-state index in [2.05, 4.69) is 129 Å². The zero-order valence-electron chi connectivity index (χ0n) is 58.4. The third kappa shape index (κ3) is 70.6. The fourth-order valence-corrected chi connectivity index (χ4v) is 11.5. The van der Waals surface area contributed by atoms with Crippen LogP contribution in [0.1, 0.15) is 335 Å². The van der Waals surface area contributed by atoms with Crippen molar-refractivity contribution in [3.05, 3.63) is 109 Å². The number of phosphoric ester groups is 1. The van der Waals surface area contributed by atoms with Gasteiger partial charge < -0.3 is 28.8 Å². The Morgan fingerprint density at radius 2 is 0.693 bits per heavy atom. The molecule has 0 spiro atoms. The average Bonchev–Trinajstić information content (AvgIpc) is 3.64. The van der Waals surface area contributed by atoms with E-state index in [0.717, 1.165) is 109 Å². The van der Waals surface area contributed by atoms with Crippen molar-refractivity contribution in [2.24, 2.45) is 0 Å². The first kappa shape index (κ1) is 85.2. The van der Waals surface area contributed by atoms with Gasteiger partial charge in [0.1, 0.15) is 13.2 Å². The van der Waals surface area contributed by atoms with E-state index in [0.29, 0.717) is 23.9 Å². The number of carbonyl (C=O) groups is 1. The third-order valence-corrected chi connectivity index (χ3v) is 17.5.